The number of rotatable bonds is 4. The molecule has 0 aromatic carbocycles. The number of likely N-dealkylation sites (tertiary alicyclic amines) is 1. The van der Waals surface area contributed by atoms with Crippen molar-refractivity contribution < 1.29 is 9.53 Å². The van der Waals surface area contributed by atoms with Crippen molar-refractivity contribution >= 4 is 17.2 Å². The number of fused-ring (bicyclic) bond motifs is 1. The normalized spacial score (nSPS) is 32.5. The smallest absolute Gasteiger partial charge is 0.230 e. The summed E-state index contributed by atoms with van der Waals surface area (Å²) in [4.78, 5) is 16.7. The van der Waals surface area contributed by atoms with E-state index < -0.39 is 0 Å². The minimum atomic E-state index is -0.314. The molecule has 4 rings (SSSR count). The van der Waals surface area contributed by atoms with E-state index in [9.17, 15) is 4.79 Å². The minimum absolute atomic E-state index is 0.118. The Labute approximate surface area is 135 Å². The lowest BCUT2D eigenvalue weighted by Gasteiger charge is -2.47. The minimum Gasteiger partial charge on any atom is -0.377 e. The number of amides is 1. The topological polar surface area (TPSA) is 41.6 Å². The summed E-state index contributed by atoms with van der Waals surface area (Å²) in [6.07, 6.45) is 5.95. The first kappa shape index (κ1) is 14.7. The van der Waals surface area contributed by atoms with Gasteiger partial charge in [-0.2, -0.15) is 0 Å². The van der Waals surface area contributed by atoms with Crippen LogP contribution in [0.3, 0.4) is 0 Å². The van der Waals surface area contributed by atoms with Crippen LogP contribution in [0.1, 0.15) is 37.0 Å². The average molecular weight is 320 g/mol. The maximum absolute atomic E-state index is 13.0. The molecule has 2 saturated heterocycles. The van der Waals surface area contributed by atoms with Crippen molar-refractivity contribution in [3.8, 4) is 0 Å². The van der Waals surface area contributed by atoms with E-state index in [0.717, 1.165) is 32.5 Å². The van der Waals surface area contributed by atoms with Gasteiger partial charge in [0, 0.05) is 30.6 Å². The second kappa shape index (κ2) is 5.95. The van der Waals surface area contributed by atoms with Crippen LogP contribution >= 0.6 is 11.3 Å². The molecule has 2 atom stereocenters. The van der Waals surface area contributed by atoms with Gasteiger partial charge in [-0.3, -0.25) is 9.69 Å². The van der Waals surface area contributed by atoms with Crippen molar-refractivity contribution in [1.82, 2.24) is 10.2 Å². The zero-order valence-electron chi connectivity index (χ0n) is 12.9. The number of carbonyl (C=O) groups excluding carboxylic acids is 1. The van der Waals surface area contributed by atoms with Crippen LogP contribution < -0.4 is 5.32 Å². The molecule has 1 N–H and O–H groups in total. The monoisotopic (exact) mass is 320 g/mol. The number of ether oxygens (including phenoxy) is 1. The predicted molar refractivity (Wildman–Crippen MR) is 86.8 cm³/mol. The Kier molecular flexibility index (Phi) is 3.96. The first-order valence-corrected chi connectivity index (χ1v) is 9.32. The van der Waals surface area contributed by atoms with E-state index in [1.807, 2.05) is 6.07 Å². The van der Waals surface area contributed by atoms with Crippen molar-refractivity contribution in [3.05, 3.63) is 22.4 Å². The molecule has 4 nitrogen and oxygen atoms in total. The Balaban J connectivity index is 1.46. The predicted octanol–water partition coefficient (Wildman–Crippen LogP) is 2.40. The number of nitrogens with one attached hydrogen (secondary N) is 1. The molecule has 1 saturated carbocycles. The van der Waals surface area contributed by atoms with Crippen molar-refractivity contribution in [1.29, 1.82) is 0 Å². The molecule has 1 aliphatic carbocycles. The van der Waals surface area contributed by atoms with Crippen molar-refractivity contribution in [2.75, 3.05) is 19.7 Å². The van der Waals surface area contributed by atoms with Gasteiger partial charge >= 0.3 is 0 Å². The Morgan fingerprint density at radius 1 is 1.45 bits per heavy atom. The van der Waals surface area contributed by atoms with Crippen LogP contribution in [-0.2, 0) is 16.1 Å². The zero-order chi connectivity index (χ0) is 15.0. The highest BCUT2D eigenvalue weighted by Crippen LogP contribution is 2.43. The van der Waals surface area contributed by atoms with E-state index in [1.165, 1.54) is 24.1 Å². The Bertz CT molecular complexity index is 529. The molecule has 120 valence electrons. The van der Waals surface area contributed by atoms with Crippen LogP contribution in [0.5, 0.6) is 0 Å². The van der Waals surface area contributed by atoms with Crippen molar-refractivity contribution in [3.63, 3.8) is 0 Å². The third-order valence-electron chi connectivity index (χ3n) is 5.69. The number of carbonyl (C=O) groups is 1. The number of piperidine rings is 1. The van der Waals surface area contributed by atoms with Crippen LogP contribution in [0.15, 0.2) is 17.5 Å². The second-order valence-electron chi connectivity index (χ2n) is 6.87. The van der Waals surface area contributed by atoms with Crippen molar-refractivity contribution in [2.45, 2.75) is 50.8 Å². The van der Waals surface area contributed by atoms with Crippen LogP contribution in [0.25, 0.3) is 0 Å². The summed E-state index contributed by atoms with van der Waals surface area (Å²) in [5, 5.41) is 5.23. The number of thiophene rings is 1. The SMILES string of the molecule is O=C(NCc1cccs1)[C@@]12CCO[C@@H]1CCN(C1CCC1)C2. The Hall–Kier alpha value is -0.910. The van der Waals surface area contributed by atoms with E-state index in [2.05, 4.69) is 21.7 Å². The van der Waals surface area contributed by atoms with Gasteiger partial charge in [-0.1, -0.05) is 12.5 Å². The summed E-state index contributed by atoms with van der Waals surface area (Å²) in [7, 11) is 0. The average Bonchev–Trinajstić information content (AvgIpc) is 3.12. The molecule has 0 spiro atoms. The molecule has 0 radical (unpaired) electrons. The molecule has 1 amide bonds. The van der Waals surface area contributed by atoms with Crippen LogP contribution in [0, 0.1) is 5.41 Å². The van der Waals surface area contributed by atoms with Crippen LogP contribution in [-0.4, -0.2) is 42.6 Å². The van der Waals surface area contributed by atoms with Crippen LogP contribution in [0.4, 0.5) is 0 Å². The fourth-order valence-electron chi connectivity index (χ4n) is 4.12. The summed E-state index contributed by atoms with van der Waals surface area (Å²) in [6.45, 7) is 3.36. The highest BCUT2D eigenvalue weighted by molar-refractivity contribution is 7.09. The first-order valence-electron chi connectivity index (χ1n) is 8.44. The fraction of sp³-hybridized carbons (Fsp3) is 0.706. The van der Waals surface area contributed by atoms with E-state index >= 15 is 0 Å². The van der Waals surface area contributed by atoms with Crippen molar-refractivity contribution in [2.24, 2.45) is 5.41 Å². The van der Waals surface area contributed by atoms with Gasteiger partial charge in [0.1, 0.15) is 0 Å². The molecule has 1 aromatic heterocycles. The molecule has 22 heavy (non-hydrogen) atoms. The summed E-state index contributed by atoms with van der Waals surface area (Å²) in [5.74, 6) is 0.201. The summed E-state index contributed by atoms with van der Waals surface area (Å²) < 4.78 is 5.91. The maximum atomic E-state index is 13.0. The van der Waals surface area contributed by atoms with Gasteiger partial charge in [0.15, 0.2) is 0 Å². The number of hydrogen-bond donors (Lipinski definition) is 1. The largest absolute Gasteiger partial charge is 0.377 e. The molecular weight excluding hydrogens is 296 g/mol. The van der Waals surface area contributed by atoms with E-state index in [1.54, 1.807) is 11.3 Å². The molecule has 1 aromatic rings. The Morgan fingerprint density at radius 3 is 3.09 bits per heavy atom. The lowest BCUT2D eigenvalue weighted by atomic mass is 9.74. The molecule has 5 heteroatoms. The lowest BCUT2D eigenvalue weighted by Crippen LogP contribution is -2.59. The van der Waals surface area contributed by atoms with Crippen LogP contribution in [0.2, 0.25) is 0 Å². The fourth-order valence-corrected chi connectivity index (χ4v) is 4.77. The molecular formula is C17H24N2O2S. The molecule has 3 heterocycles. The van der Waals surface area contributed by atoms with Gasteiger partial charge in [-0.15, -0.1) is 11.3 Å². The summed E-state index contributed by atoms with van der Waals surface area (Å²) in [5.41, 5.74) is -0.314. The molecule has 0 unspecified atom stereocenters. The van der Waals surface area contributed by atoms with Gasteiger partial charge in [-0.25, -0.2) is 0 Å². The molecule has 0 bridgehead atoms. The third-order valence-corrected chi connectivity index (χ3v) is 6.57. The zero-order valence-corrected chi connectivity index (χ0v) is 13.7. The highest BCUT2D eigenvalue weighted by atomic mass is 32.1. The summed E-state index contributed by atoms with van der Waals surface area (Å²) >= 11 is 1.70. The molecule has 2 aliphatic heterocycles. The van der Waals surface area contributed by atoms with E-state index in [-0.39, 0.29) is 17.4 Å². The third kappa shape index (κ3) is 2.49. The van der Waals surface area contributed by atoms with E-state index in [4.69, 9.17) is 4.74 Å². The number of nitrogens with zero attached hydrogens (tertiary/aromatic N) is 1. The number of hydrogen-bond acceptors (Lipinski definition) is 4. The second-order valence-corrected chi connectivity index (χ2v) is 7.90. The Morgan fingerprint density at radius 2 is 2.36 bits per heavy atom. The van der Waals surface area contributed by atoms with Gasteiger partial charge in [0.25, 0.3) is 0 Å². The highest BCUT2D eigenvalue weighted by Gasteiger charge is 2.54. The van der Waals surface area contributed by atoms with Gasteiger partial charge in [0.05, 0.1) is 18.1 Å². The van der Waals surface area contributed by atoms with E-state index in [0.29, 0.717) is 12.6 Å². The van der Waals surface area contributed by atoms with Gasteiger partial charge in [-0.05, 0) is 37.1 Å². The van der Waals surface area contributed by atoms with Gasteiger partial charge in [0.2, 0.25) is 5.91 Å². The summed E-state index contributed by atoms with van der Waals surface area (Å²) in [6, 6.07) is 4.82. The first-order chi connectivity index (χ1) is 10.8. The quantitative estimate of drug-likeness (QED) is 0.926. The molecule has 3 fully saturated rings. The molecule has 3 aliphatic rings. The standard InChI is InChI=1S/C17H24N2O2S/c20-16(18-11-14-5-2-10-22-14)17-7-9-21-15(17)6-8-19(12-17)13-3-1-4-13/h2,5,10,13,15H,1,3-4,6-9,11-12H2,(H,18,20)/t15-,17-/m1/s1. The lowest BCUT2D eigenvalue weighted by molar-refractivity contribution is -0.141. The maximum Gasteiger partial charge on any atom is 0.230 e. The van der Waals surface area contributed by atoms with Gasteiger partial charge < -0.3 is 10.1 Å².